The molecule has 0 spiro atoms. The summed E-state index contributed by atoms with van der Waals surface area (Å²) < 4.78 is 0. The summed E-state index contributed by atoms with van der Waals surface area (Å²) in [6.07, 6.45) is 0.904. The van der Waals surface area contributed by atoms with Gasteiger partial charge in [0.15, 0.2) is 0 Å². The maximum Gasteiger partial charge on any atom is 0.314 e. The zero-order valence-electron chi connectivity index (χ0n) is 12.5. The number of phenolic OH excluding ortho intramolecular Hbond substituents is 1. The minimum atomic E-state index is -0.835. The van der Waals surface area contributed by atoms with Crippen LogP contribution in [-0.4, -0.2) is 16.9 Å². The van der Waals surface area contributed by atoms with E-state index < -0.39 is 11.8 Å². The first kappa shape index (κ1) is 15.6. The van der Waals surface area contributed by atoms with Crippen molar-refractivity contribution in [2.75, 3.05) is 10.6 Å². The second-order valence-electron chi connectivity index (χ2n) is 4.98. The van der Waals surface area contributed by atoms with Crippen molar-refractivity contribution in [2.45, 2.75) is 20.3 Å². The largest absolute Gasteiger partial charge is 0.506 e. The molecule has 0 fully saturated rings. The van der Waals surface area contributed by atoms with Crippen LogP contribution in [0.2, 0.25) is 0 Å². The molecule has 0 aliphatic carbocycles. The summed E-state index contributed by atoms with van der Waals surface area (Å²) >= 11 is 0. The molecule has 0 aromatic heterocycles. The number of aromatic hydroxyl groups is 1. The minimum absolute atomic E-state index is 0.0755. The van der Waals surface area contributed by atoms with Crippen LogP contribution in [0.1, 0.15) is 18.1 Å². The molecule has 0 bridgehead atoms. The molecule has 5 nitrogen and oxygen atoms in total. The van der Waals surface area contributed by atoms with Crippen molar-refractivity contribution in [3.8, 4) is 5.75 Å². The molecule has 5 heteroatoms. The lowest BCUT2D eigenvalue weighted by Gasteiger charge is -2.09. The smallest absolute Gasteiger partial charge is 0.314 e. The Morgan fingerprint density at radius 3 is 2.23 bits per heavy atom. The summed E-state index contributed by atoms with van der Waals surface area (Å²) in [7, 11) is 0. The maximum absolute atomic E-state index is 11.8. The Bertz CT molecular complexity index is 694. The highest BCUT2D eigenvalue weighted by Crippen LogP contribution is 2.23. The summed E-state index contributed by atoms with van der Waals surface area (Å²) in [6.45, 7) is 3.85. The number of hydrogen-bond donors (Lipinski definition) is 3. The Hall–Kier alpha value is -2.82. The number of nitrogens with one attached hydrogen (secondary N) is 2. The van der Waals surface area contributed by atoms with E-state index in [0.717, 1.165) is 17.5 Å². The fourth-order valence-corrected chi connectivity index (χ4v) is 1.94. The molecule has 0 aliphatic heterocycles. The van der Waals surface area contributed by atoms with E-state index in [0.29, 0.717) is 5.69 Å². The third-order valence-electron chi connectivity index (χ3n) is 3.23. The van der Waals surface area contributed by atoms with E-state index in [9.17, 15) is 14.7 Å². The molecule has 0 atom stereocenters. The van der Waals surface area contributed by atoms with E-state index in [4.69, 9.17) is 0 Å². The van der Waals surface area contributed by atoms with Gasteiger partial charge in [0.1, 0.15) is 5.75 Å². The number of aryl methyl sites for hydroxylation is 2. The molecular formula is C17H18N2O3. The summed E-state index contributed by atoms with van der Waals surface area (Å²) in [5, 5.41) is 14.6. The number of carbonyl (C=O) groups excluding carboxylic acids is 2. The minimum Gasteiger partial charge on any atom is -0.506 e. The van der Waals surface area contributed by atoms with Gasteiger partial charge in [0.05, 0.1) is 5.69 Å². The van der Waals surface area contributed by atoms with Gasteiger partial charge in [-0.05, 0) is 48.7 Å². The zero-order valence-corrected chi connectivity index (χ0v) is 12.5. The fraction of sp³-hybridized carbons (Fsp3) is 0.176. The first-order chi connectivity index (χ1) is 10.5. The van der Waals surface area contributed by atoms with Crippen molar-refractivity contribution in [1.29, 1.82) is 0 Å². The lowest BCUT2D eigenvalue weighted by molar-refractivity contribution is -0.133. The molecular weight excluding hydrogens is 280 g/mol. The van der Waals surface area contributed by atoms with Crippen LogP contribution in [0.15, 0.2) is 42.5 Å². The van der Waals surface area contributed by atoms with Gasteiger partial charge in [-0.2, -0.15) is 0 Å². The first-order valence-electron chi connectivity index (χ1n) is 7.00. The highest BCUT2D eigenvalue weighted by atomic mass is 16.3. The van der Waals surface area contributed by atoms with E-state index >= 15 is 0 Å². The van der Waals surface area contributed by atoms with Crippen LogP contribution in [0.4, 0.5) is 11.4 Å². The number of phenols is 1. The number of anilines is 2. The van der Waals surface area contributed by atoms with E-state index in [2.05, 4.69) is 10.6 Å². The van der Waals surface area contributed by atoms with Crippen molar-refractivity contribution < 1.29 is 14.7 Å². The average Bonchev–Trinajstić information content (AvgIpc) is 2.50. The van der Waals surface area contributed by atoms with Crippen molar-refractivity contribution in [1.82, 2.24) is 0 Å². The molecule has 0 radical (unpaired) electrons. The Morgan fingerprint density at radius 1 is 1.00 bits per heavy atom. The summed E-state index contributed by atoms with van der Waals surface area (Å²) in [6, 6.07) is 12.1. The molecule has 0 unspecified atom stereocenters. The van der Waals surface area contributed by atoms with E-state index in [1.54, 1.807) is 24.3 Å². The van der Waals surface area contributed by atoms with Gasteiger partial charge in [0.2, 0.25) is 0 Å². The van der Waals surface area contributed by atoms with Gasteiger partial charge in [-0.15, -0.1) is 0 Å². The SMILES string of the molecule is CCc1ccc(NC(=O)C(=O)Nc2ccc(C)cc2O)cc1. The first-order valence-corrected chi connectivity index (χ1v) is 7.00. The van der Waals surface area contributed by atoms with Gasteiger partial charge in [-0.3, -0.25) is 9.59 Å². The van der Waals surface area contributed by atoms with E-state index in [1.807, 2.05) is 26.0 Å². The van der Waals surface area contributed by atoms with Crippen LogP contribution in [0, 0.1) is 6.92 Å². The van der Waals surface area contributed by atoms with Crippen LogP contribution in [0.25, 0.3) is 0 Å². The predicted octanol–water partition coefficient (Wildman–Crippen LogP) is 2.84. The molecule has 114 valence electrons. The topological polar surface area (TPSA) is 78.4 Å². The monoisotopic (exact) mass is 298 g/mol. The molecule has 0 aliphatic rings. The summed E-state index contributed by atoms with van der Waals surface area (Å²) in [5.74, 6) is -1.70. The molecule has 22 heavy (non-hydrogen) atoms. The number of hydrogen-bond acceptors (Lipinski definition) is 3. The standard InChI is InChI=1S/C17H18N2O3/c1-3-12-5-7-13(8-6-12)18-16(21)17(22)19-14-9-4-11(2)10-15(14)20/h4-10,20H,3H2,1-2H3,(H,18,21)(H,19,22). The Labute approximate surface area is 129 Å². The quantitative estimate of drug-likeness (QED) is 0.602. The number of carbonyl (C=O) groups is 2. The predicted molar refractivity (Wildman–Crippen MR) is 85.9 cm³/mol. The molecule has 0 saturated carbocycles. The molecule has 0 saturated heterocycles. The molecule has 2 amide bonds. The van der Waals surface area contributed by atoms with Crippen molar-refractivity contribution in [3.63, 3.8) is 0 Å². The lowest BCUT2D eigenvalue weighted by Crippen LogP contribution is -2.29. The average molecular weight is 298 g/mol. The molecule has 2 aromatic rings. The van der Waals surface area contributed by atoms with Crippen LogP contribution in [0.3, 0.4) is 0 Å². The van der Waals surface area contributed by atoms with Gasteiger partial charge in [0.25, 0.3) is 0 Å². The normalized spacial score (nSPS) is 10.1. The summed E-state index contributed by atoms with van der Waals surface area (Å²) in [4.78, 5) is 23.7. The van der Waals surface area contributed by atoms with E-state index in [1.165, 1.54) is 6.07 Å². The number of amides is 2. The third kappa shape index (κ3) is 3.85. The lowest BCUT2D eigenvalue weighted by atomic mass is 10.1. The zero-order chi connectivity index (χ0) is 16.1. The Kier molecular flexibility index (Phi) is 4.78. The third-order valence-corrected chi connectivity index (χ3v) is 3.23. The highest BCUT2D eigenvalue weighted by molar-refractivity contribution is 6.43. The van der Waals surface area contributed by atoms with Crippen LogP contribution >= 0.6 is 0 Å². The van der Waals surface area contributed by atoms with Gasteiger partial charge in [0, 0.05) is 5.69 Å². The van der Waals surface area contributed by atoms with Crippen LogP contribution in [-0.2, 0) is 16.0 Å². The second kappa shape index (κ2) is 6.76. The number of rotatable bonds is 3. The fourth-order valence-electron chi connectivity index (χ4n) is 1.94. The van der Waals surface area contributed by atoms with Gasteiger partial charge in [-0.1, -0.05) is 25.1 Å². The molecule has 2 aromatic carbocycles. The van der Waals surface area contributed by atoms with Gasteiger partial charge in [-0.25, -0.2) is 0 Å². The molecule has 3 N–H and O–H groups in total. The van der Waals surface area contributed by atoms with Crippen LogP contribution < -0.4 is 10.6 Å². The Balaban J connectivity index is 2.01. The maximum atomic E-state index is 11.8. The second-order valence-corrected chi connectivity index (χ2v) is 4.98. The number of benzene rings is 2. The molecule has 0 heterocycles. The van der Waals surface area contributed by atoms with Crippen molar-refractivity contribution in [3.05, 3.63) is 53.6 Å². The van der Waals surface area contributed by atoms with Crippen molar-refractivity contribution in [2.24, 2.45) is 0 Å². The highest BCUT2D eigenvalue weighted by Gasteiger charge is 2.15. The van der Waals surface area contributed by atoms with E-state index in [-0.39, 0.29) is 11.4 Å². The van der Waals surface area contributed by atoms with Crippen molar-refractivity contribution >= 4 is 23.2 Å². The van der Waals surface area contributed by atoms with Gasteiger partial charge >= 0.3 is 11.8 Å². The molecule has 2 rings (SSSR count). The Morgan fingerprint density at radius 2 is 1.64 bits per heavy atom. The summed E-state index contributed by atoms with van der Waals surface area (Å²) in [5.41, 5.74) is 2.75. The van der Waals surface area contributed by atoms with Gasteiger partial charge < -0.3 is 15.7 Å². The van der Waals surface area contributed by atoms with Crippen LogP contribution in [0.5, 0.6) is 5.75 Å².